The van der Waals surface area contributed by atoms with Crippen molar-refractivity contribution in [3.05, 3.63) is 72.3 Å². The number of benzene rings is 2. The summed E-state index contributed by atoms with van der Waals surface area (Å²) >= 11 is 0. The van der Waals surface area contributed by atoms with Gasteiger partial charge in [-0.25, -0.2) is 0 Å². The van der Waals surface area contributed by atoms with E-state index in [1.54, 1.807) is 15.9 Å². The van der Waals surface area contributed by atoms with E-state index in [1.807, 2.05) is 0 Å². The summed E-state index contributed by atoms with van der Waals surface area (Å²) in [6, 6.07) is 22.8. The van der Waals surface area contributed by atoms with E-state index >= 15 is 0 Å². The van der Waals surface area contributed by atoms with Gasteiger partial charge in [0.2, 0.25) is 0 Å². The number of rotatable bonds is 24. The van der Waals surface area contributed by atoms with Gasteiger partial charge in [-0.2, -0.15) is 0 Å². The molecule has 38 heavy (non-hydrogen) atoms. The van der Waals surface area contributed by atoms with Crippen LogP contribution in [0.2, 0.25) is 5.16 Å². The predicted molar refractivity (Wildman–Crippen MR) is 180 cm³/mol. The maximum Gasteiger partial charge on any atom is 0.0550 e. The molecule has 2 aromatic rings. The molecule has 0 aliphatic carbocycles. The van der Waals surface area contributed by atoms with Crippen LogP contribution in [0, 0.1) is 0 Å². The molecule has 0 spiro atoms. The first-order valence-electron chi connectivity index (χ1n) is 16.6. The first kappa shape index (κ1) is 32.8. The van der Waals surface area contributed by atoms with Gasteiger partial charge in [0.1, 0.15) is 0 Å². The van der Waals surface area contributed by atoms with Crippen LogP contribution >= 0.6 is 0 Å². The summed E-state index contributed by atoms with van der Waals surface area (Å²) in [6.07, 6.45) is 29.5. The van der Waals surface area contributed by atoms with Gasteiger partial charge in [-0.3, -0.25) is 0 Å². The summed E-state index contributed by atoms with van der Waals surface area (Å²) in [7, 11) is -0.336. The third kappa shape index (κ3) is 17.3. The van der Waals surface area contributed by atoms with Gasteiger partial charge in [-0.1, -0.05) is 192 Å². The minimum absolute atomic E-state index is 0.168. The van der Waals surface area contributed by atoms with Crippen LogP contribution in [0.15, 0.2) is 72.3 Å². The van der Waals surface area contributed by atoms with E-state index in [4.69, 9.17) is 0 Å². The molecule has 0 unspecified atom stereocenters. The van der Waals surface area contributed by atoms with Crippen molar-refractivity contribution < 1.29 is 0 Å². The van der Waals surface area contributed by atoms with E-state index < -0.39 is 0 Å². The quantitative estimate of drug-likeness (QED) is 0.0697. The van der Waals surface area contributed by atoms with E-state index in [-0.39, 0.29) is 19.0 Å². The van der Waals surface area contributed by atoms with Gasteiger partial charge < -0.3 is 0 Å². The Hall–Kier alpha value is -1.39. The highest BCUT2D eigenvalue weighted by molar-refractivity contribution is 6.73. The molecule has 2 aromatic carbocycles. The summed E-state index contributed by atoms with van der Waals surface area (Å²) in [4.78, 5) is 0. The molecule has 0 amide bonds. The minimum atomic E-state index is -0.168. The van der Waals surface area contributed by atoms with Crippen molar-refractivity contribution in [2.75, 3.05) is 0 Å². The molecular formula is C36H60Si2. The number of allylic oxidation sites excluding steroid dienone is 2. The SMILES string of the molecule is CCCCCCCCCCCC=C(CCC)CCCCCCCC([SiH2]c1ccccc1)[SiH2]c1ccccc1. The predicted octanol–water partition coefficient (Wildman–Crippen LogP) is 9.10. The fraction of sp³-hybridized carbons (Fsp3) is 0.611. The zero-order valence-electron chi connectivity index (χ0n) is 25.3. The lowest BCUT2D eigenvalue weighted by molar-refractivity contribution is 0.565. The van der Waals surface area contributed by atoms with E-state index in [0.29, 0.717) is 0 Å². The zero-order chi connectivity index (χ0) is 26.9. The van der Waals surface area contributed by atoms with Gasteiger partial charge in [0.25, 0.3) is 0 Å². The topological polar surface area (TPSA) is 0 Å². The molecule has 0 heterocycles. The molecule has 212 valence electrons. The minimum Gasteiger partial charge on any atom is -0.0853 e. The second-order valence-corrected chi connectivity index (χ2v) is 17.7. The van der Waals surface area contributed by atoms with Gasteiger partial charge >= 0.3 is 0 Å². The number of unbranched alkanes of at least 4 members (excludes halogenated alkanes) is 13. The monoisotopic (exact) mass is 548 g/mol. The van der Waals surface area contributed by atoms with E-state index in [0.717, 1.165) is 5.16 Å². The Morgan fingerprint density at radius 2 is 1.05 bits per heavy atom. The highest BCUT2D eigenvalue weighted by atomic mass is 28.3. The Balaban J connectivity index is 1.58. The highest BCUT2D eigenvalue weighted by Crippen LogP contribution is 2.20. The molecule has 0 saturated heterocycles. The lowest BCUT2D eigenvalue weighted by Crippen LogP contribution is -2.29. The molecule has 0 saturated carbocycles. The Kier molecular flexibility index (Phi) is 20.3. The smallest absolute Gasteiger partial charge is 0.0550 e. The second kappa shape index (κ2) is 23.5. The van der Waals surface area contributed by atoms with Gasteiger partial charge in [-0.15, -0.1) is 0 Å². The third-order valence-corrected chi connectivity index (χ3v) is 13.7. The van der Waals surface area contributed by atoms with Gasteiger partial charge in [0, 0.05) is 0 Å². The van der Waals surface area contributed by atoms with E-state index in [9.17, 15) is 0 Å². The summed E-state index contributed by atoms with van der Waals surface area (Å²) in [6.45, 7) is 4.65. The average molecular weight is 549 g/mol. The third-order valence-electron chi connectivity index (χ3n) is 8.16. The van der Waals surface area contributed by atoms with Crippen molar-refractivity contribution >= 4 is 29.4 Å². The van der Waals surface area contributed by atoms with Gasteiger partial charge in [0.05, 0.1) is 19.0 Å². The van der Waals surface area contributed by atoms with Crippen molar-refractivity contribution in [2.24, 2.45) is 0 Å². The summed E-state index contributed by atoms with van der Waals surface area (Å²) in [5.41, 5.74) is 1.76. The Morgan fingerprint density at radius 1 is 0.553 bits per heavy atom. The fourth-order valence-electron chi connectivity index (χ4n) is 5.90. The molecule has 0 nitrogen and oxygen atoms in total. The number of hydrogen-bond donors (Lipinski definition) is 0. The molecular weight excluding hydrogens is 489 g/mol. The van der Waals surface area contributed by atoms with Crippen LogP contribution in [0.4, 0.5) is 0 Å². The lowest BCUT2D eigenvalue weighted by Gasteiger charge is -2.16. The highest BCUT2D eigenvalue weighted by Gasteiger charge is 2.12. The van der Waals surface area contributed by atoms with Crippen LogP contribution in [0.5, 0.6) is 0 Å². The Morgan fingerprint density at radius 3 is 1.61 bits per heavy atom. The molecule has 2 rings (SSSR count). The maximum absolute atomic E-state index is 2.62. The molecule has 0 bridgehead atoms. The van der Waals surface area contributed by atoms with Crippen LogP contribution in [-0.2, 0) is 0 Å². The van der Waals surface area contributed by atoms with Crippen LogP contribution < -0.4 is 10.4 Å². The fourth-order valence-corrected chi connectivity index (χ4v) is 11.9. The van der Waals surface area contributed by atoms with Crippen molar-refractivity contribution in [1.82, 2.24) is 0 Å². The summed E-state index contributed by atoms with van der Waals surface area (Å²) in [5, 5.41) is 4.36. The van der Waals surface area contributed by atoms with Gasteiger partial charge in [0.15, 0.2) is 0 Å². The van der Waals surface area contributed by atoms with Crippen molar-refractivity contribution in [3.63, 3.8) is 0 Å². The van der Waals surface area contributed by atoms with Gasteiger partial charge in [-0.05, 0) is 32.1 Å². The summed E-state index contributed by atoms with van der Waals surface area (Å²) < 4.78 is 0. The largest absolute Gasteiger partial charge is 0.0853 e. The molecule has 0 radical (unpaired) electrons. The number of hydrogen-bond acceptors (Lipinski definition) is 0. The molecule has 0 aliphatic rings. The molecule has 0 N–H and O–H groups in total. The summed E-state index contributed by atoms with van der Waals surface area (Å²) in [5.74, 6) is 0. The van der Waals surface area contributed by atoms with Crippen molar-refractivity contribution in [2.45, 2.75) is 141 Å². The Bertz CT molecular complexity index is 757. The average Bonchev–Trinajstić information content (AvgIpc) is 2.94. The van der Waals surface area contributed by atoms with Crippen molar-refractivity contribution in [3.8, 4) is 0 Å². The first-order valence-corrected chi connectivity index (χ1v) is 19.6. The lowest BCUT2D eigenvalue weighted by atomic mass is 9.99. The molecule has 0 aliphatic heterocycles. The standard InChI is InChI=1S/C36H60Si2/c1-3-5-6-7-8-9-10-11-13-18-26-33(25-4-2)27-19-14-12-15-24-32-36(37-34-28-20-16-21-29-34)38-35-30-22-17-23-31-35/h16-17,20-23,26,28-31,36H,3-15,18-19,24-25,27,32,37-38H2,1-2H3. The molecule has 0 aromatic heterocycles. The van der Waals surface area contributed by atoms with E-state index in [1.165, 1.54) is 122 Å². The second-order valence-electron chi connectivity index (χ2n) is 11.8. The van der Waals surface area contributed by atoms with E-state index in [2.05, 4.69) is 80.6 Å². The van der Waals surface area contributed by atoms with Crippen LogP contribution in [0.25, 0.3) is 0 Å². The van der Waals surface area contributed by atoms with Crippen LogP contribution in [0.1, 0.15) is 136 Å². The Labute approximate surface area is 242 Å². The molecule has 0 fully saturated rings. The molecule has 0 atom stereocenters. The molecule has 2 heteroatoms. The van der Waals surface area contributed by atoms with Crippen LogP contribution in [-0.4, -0.2) is 19.0 Å². The first-order chi connectivity index (χ1) is 18.8. The normalized spacial score (nSPS) is 13.3. The maximum atomic E-state index is 2.62. The van der Waals surface area contributed by atoms with Crippen molar-refractivity contribution in [1.29, 1.82) is 0 Å². The zero-order valence-corrected chi connectivity index (χ0v) is 28.1. The van der Waals surface area contributed by atoms with Crippen LogP contribution in [0.3, 0.4) is 0 Å².